The van der Waals surface area contributed by atoms with E-state index in [2.05, 4.69) is 84.3 Å². The van der Waals surface area contributed by atoms with Gasteiger partial charge < -0.3 is 24.8 Å². The quantitative estimate of drug-likeness (QED) is 0.441. The van der Waals surface area contributed by atoms with Crippen LogP contribution in [0.15, 0.2) is 78.9 Å². The molecule has 3 aromatic rings. The predicted octanol–water partition coefficient (Wildman–Crippen LogP) is 4.66. The molecule has 7 heteroatoms. The number of rotatable bonds is 6. The van der Waals surface area contributed by atoms with E-state index in [1.165, 1.54) is 5.56 Å². The summed E-state index contributed by atoms with van der Waals surface area (Å²) in [6, 6.07) is 27.3. The fourth-order valence-electron chi connectivity index (χ4n) is 6.23. The zero-order valence-corrected chi connectivity index (χ0v) is 25.5. The minimum atomic E-state index is -0.0548. The molecule has 0 bridgehead atoms. The predicted molar refractivity (Wildman–Crippen MR) is 170 cm³/mol. The Hall–Kier alpha value is -3.83. The Morgan fingerprint density at radius 1 is 0.905 bits per heavy atom. The largest absolute Gasteiger partial charge is 0.497 e. The molecule has 3 aromatic carbocycles. The van der Waals surface area contributed by atoms with E-state index < -0.39 is 0 Å². The number of carbonyl (C=O) groups is 1. The van der Waals surface area contributed by atoms with Gasteiger partial charge in [0.05, 0.1) is 7.11 Å². The molecule has 2 amide bonds. The third-order valence-electron chi connectivity index (χ3n) is 8.57. The number of fused-ring (bicyclic) bond motifs is 1. The Kier molecular flexibility index (Phi) is 9.48. The summed E-state index contributed by atoms with van der Waals surface area (Å²) in [5.74, 6) is 7.66. The maximum absolute atomic E-state index is 13.6. The number of likely N-dealkylation sites (N-methyl/N-ethyl adjacent to an activating group) is 2. The van der Waals surface area contributed by atoms with Crippen molar-refractivity contribution in [2.75, 3.05) is 66.8 Å². The van der Waals surface area contributed by atoms with Gasteiger partial charge in [0, 0.05) is 67.0 Å². The molecule has 0 saturated carbocycles. The van der Waals surface area contributed by atoms with Crippen molar-refractivity contribution in [2.45, 2.75) is 30.5 Å². The number of ether oxygens (including phenoxy) is 1. The summed E-state index contributed by atoms with van der Waals surface area (Å²) >= 11 is 0. The van der Waals surface area contributed by atoms with Crippen molar-refractivity contribution < 1.29 is 9.53 Å². The summed E-state index contributed by atoms with van der Waals surface area (Å²) in [5.41, 5.74) is 4.10. The summed E-state index contributed by atoms with van der Waals surface area (Å²) in [7, 11) is 10.2. The number of anilines is 1. The molecule has 220 valence electrons. The topological polar surface area (TPSA) is 51.3 Å². The van der Waals surface area contributed by atoms with E-state index in [0.29, 0.717) is 31.1 Å². The Balaban J connectivity index is 1.39. The highest BCUT2D eigenvalue weighted by Crippen LogP contribution is 2.42. The third kappa shape index (κ3) is 6.96. The Morgan fingerprint density at radius 2 is 1.57 bits per heavy atom. The first-order chi connectivity index (χ1) is 20.3. The molecule has 4 atom stereocenters. The minimum absolute atomic E-state index is 0.0548. The van der Waals surface area contributed by atoms with E-state index in [1.54, 1.807) is 7.11 Å². The number of nitrogens with one attached hydrogen (secondary N) is 1. The normalized spacial score (nSPS) is 22.3. The molecule has 0 aromatic heterocycles. The lowest BCUT2D eigenvalue weighted by Crippen LogP contribution is -2.71. The van der Waals surface area contributed by atoms with Crippen LogP contribution >= 0.6 is 0 Å². The van der Waals surface area contributed by atoms with Crippen LogP contribution in [0.1, 0.15) is 29.0 Å². The second-order valence-electron chi connectivity index (χ2n) is 11.9. The van der Waals surface area contributed by atoms with Crippen LogP contribution in [0.4, 0.5) is 10.5 Å². The summed E-state index contributed by atoms with van der Waals surface area (Å²) in [6.07, 6.45) is 0.931. The standard InChI is InChI=1S/C35H43N5O2/c1-37(2)24-32-34(28-15-13-27(14-16-28)12-11-26-9-7-6-8-10-26)33-25-39(22-21-30(38(3)4)23-40(32)33)35(41)36-29-17-19-31(42-5)20-18-29/h6-10,13-20,30,32-34H,21-25H2,1-5H3,(H,36,41)/t30-,32+,33-,34-/m0/s1. The van der Waals surface area contributed by atoms with Crippen molar-refractivity contribution in [2.24, 2.45) is 0 Å². The smallest absolute Gasteiger partial charge is 0.321 e. The first kappa shape index (κ1) is 29.7. The van der Waals surface area contributed by atoms with Crippen LogP contribution in [0.3, 0.4) is 0 Å². The van der Waals surface area contributed by atoms with Crippen molar-refractivity contribution in [1.29, 1.82) is 0 Å². The van der Waals surface area contributed by atoms with E-state index in [0.717, 1.165) is 42.1 Å². The summed E-state index contributed by atoms with van der Waals surface area (Å²) in [5, 5.41) is 3.12. The Bertz CT molecular complexity index is 1380. The monoisotopic (exact) mass is 565 g/mol. The molecule has 2 fully saturated rings. The van der Waals surface area contributed by atoms with Gasteiger partial charge in [-0.15, -0.1) is 0 Å². The summed E-state index contributed by atoms with van der Waals surface area (Å²) in [4.78, 5) is 22.8. The van der Waals surface area contributed by atoms with Gasteiger partial charge >= 0.3 is 6.03 Å². The number of hydrogen-bond donors (Lipinski definition) is 1. The van der Waals surface area contributed by atoms with Gasteiger partial charge in [-0.1, -0.05) is 42.2 Å². The number of benzene rings is 3. The fraction of sp³-hybridized carbons (Fsp3) is 0.400. The second-order valence-corrected chi connectivity index (χ2v) is 11.9. The molecule has 1 N–H and O–H groups in total. The molecule has 0 aliphatic carbocycles. The number of hydrogen-bond acceptors (Lipinski definition) is 5. The second kappa shape index (κ2) is 13.4. The molecule has 5 rings (SSSR count). The molecular formula is C35H43N5O2. The molecule has 2 saturated heterocycles. The number of carbonyl (C=O) groups excluding carboxylic acids is 1. The van der Waals surface area contributed by atoms with Crippen LogP contribution in [0, 0.1) is 11.8 Å². The van der Waals surface area contributed by atoms with E-state index in [4.69, 9.17) is 4.74 Å². The number of methoxy groups -OCH3 is 1. The van der Waals surface area contributed by atoms with Gasteiger partial charge in [0.15, 0.2) is 0 Å². The van der Waals surface area contributed by atoms with Gasteiger partial charge in [-0.25, -0.2) is 4.79 Å². The molecule has 2 heterocycles. The lowest BCUT2D eigenvalue weighted by molar-refractivity contribution is -0.0603. The Labute approximate surface area is 251 Å². The molecule has 7 nitrogen and oxygen atoms in total. The van der Waals surface area contributed by atoms with Crippen molar-refractivity contribution in [3.05, 3.63) is 95.6 Å². The van der Waals surface area contributed by atoms with Crippen LogP contribution in [0.5, 0.6) is 5.75 Å². The van der Waals surface area contributed by atoms with Gasteiger partial charge in [-0.05, 0) is 88.7 Å². The molecule has 2 aliphatic heterocycles. The average Bonchev–Trinajstić information content (AvgIpc) is 2.98. The molecule has 42 heavy (non-hydrogen) atoms. The zero-order valence-electron chi connectivity index (χ0n) is 25.5. The van der Waals surface area contributed by atoms with Crippen LogP contribution in [-0.2, 0) is 0 Å². The van der Waals surface area contributed by atoms with Gasteiger partial charge in [0.25, 0.3) is 0 Å². The zero-order chi connectivity index (χ0) is 29.6. The highest BCUT2D eigenvalue weighted by molar-refractivity contribution is 5.89. The van der Waals surface area contributed by atoms with Crippen molar-refractivity contribution in [3.8, 4) is 17.6 Å². The van der Waals surface area contributed by atoms with E-state index in [9.17, 15) is 4.79 Å². The maximum Gasteiger partial charge on any atom is 0.321 e. The molecule has 0 spiro atoms. The van der Waals surface area contributed by atoms with Crippen LogP contribution in [-0.4, -0.2) is 105 Å². The first-order valence-electron chi connectivity index (χ1n) is 14.8. The summed E-state index contributed by atoms with van der Waals surface area (Å²) in [6.45, 7) is 3.37. The van der Waals surface area contributed by atoms with Gasteiger partial charge in [0.2, 0.25) is 0 Å². The summed E-state index contributed by atoms with van der Waals surface area (Å²) < 4.78 is 5.28. The fourth-order valence-corrected chi connectivity index (χ4v) is 6.23. The van der Waals surface area contributed by atoms with Gasteiger partial charge in [0.1, 0.15) is 5.75 Å². The number of urea groups is 1. The molecule has 0 radical (unpaired) electrons. The molecule has 0 unspecified atom stereocenters. The highest BCUT2D eigenvalue weighted by atomic mass is 16.5. The number of amides is 2. The minimum Gasteiger partial charge on any atom is -0.497 e. The maximum atomic E-state index is 13.6. The van der Waals surface area contributed by atoms with Gasteiger partial charge in [-0.2, -0.15) is 0 Å². The average molecular weight is 566 g/mol. The van der Waals surface area contributed by atoms with Crippen molar-refractivity contribution in [3.63, 3.8) is 0 Å². The lowest BCUT2D eigenvalue weighted by atomic mass is 9.73. The van der Waals surface area contributed by atoms with E-state index in [-0.39, 0.29) is 12.1 Å². The van der Waals surface area contributed by atoms with Crippen LogP contribution in [0.2, 0.25) is 0 Å². The number of nitrogens with zero attached hydrogens (tertiary/aromatic N) is 4. The van der Waals surface area contributed by atoms with Crippen molar-refractivity contribution in [1.82, 2.24) is 19.6 Å². The van der Waals surface area contributed by atoms with Crippen LogP contribution in [0.25, 0.3) is 0 Å². The first-order valence-corrected chi connectivity index (χ1v) is 14.8. The highest BCUT2D eigenvalue weighted by Gasteiger charge is 2.51. The molecule has 2 aliphatic rings. The van der Waals surface area contributed by atoms with Crippen molar-refractivity contribution >= 4 is 11.7 Å². The van der Waals surface area contributed by atoms with E-state index >= 15 is 0 Å². The van der Waals surface area contributed by atoms with E-state index in [1.807, 2.05) is 59.5 Å². The lowest BCUT2D eigenvalue weighted by Gasteiger charge is -2.59. The van der Waals surface area contributed by atoms with Gasteiger partial charge in [-0.3, -0.25) is 4.90 Å². The SMILES string of the molecule is COc1ccc(NC(=O)N2CC[C@H](N(C)C)CN3[C@H](CN(C)C)[C@H](c4ccc(C#Cc5ccccc5)cc4)[C@@H]3C2)cc1. The third-order valence-corrected chi connectivity index (χ3v) is 8.57. The molecular weight excluding hydrogens is 522 g/mol. The van der Waals surface area contributed by atoms with Crippen LogP contribution < -0.4 is 10.1 Å². The Morgan fingerprint density at radius 3 is 2.19 bits per heavy atom.